The molecule has 2 aromatic rings. The van der Waals surface area contributed by atoms with Crippen molar-refractivity contribution in [3.63, 3.8) is 0 Å². The van der Waals surface area contributed by atoms with Gasteiger partial charge in [-0.2, -0.15) is 0 Å². The number of hydrogen-bond acceptors (Lipinski definition) is 3. The van der Waals surface area contributed by atoms with Crippen LogP contribution < -0.4 is 11.1 Å². The monoisotopic (exact) mass is 270 g/mol. The van der Waals surface area contributed by atoms with E-state index in [0.717, 1.165) is 6.42 Å². The number of carboxylic acids is 1. The molecule has 0 spiro atoms. The molecule has 2 rings (SSSR count). The molecule has 0 bridgehead atoms. The second kappa shape index (κ2) is 6.10. The van der Waals surface area contributed by atoms with E-state index in [2.05, 4.69) is 30.4 Å². The van der Waals surface area contributed by atoms with Gasteiger partial charge in [-0.25, -0.2) is 4.79 Å². The first-order chi connectivity index (χ1) is 9.58. The molecule has 4 nitrogen and oxygen atoms in total. The van der Waals surface area contributed by atoms with Gasteiger partial charge < -0.3 is 16.2 Å². The summed E-state index contributed by atoms with van der Waals surface area (Å²) >= 11 is 0. The Hall–Kier alpha value is -2.49. The van der Waals surface area contributed by atoms with Gasteiger partial charge in [-0.1, -0.05) is 35.9 Å². The van der Waals surface area contributed by atoms with Gasteiger partial charge in [-0.15, -0.1) is 0 Å². The Kier molecular flexibility index (Phi) is 4.25. The summed E-state index contributed by atoms with van der Waals surface area (Å²) in [6.07, 6.45) is 0.860. The molecule has 0 heterocycles. The molecule has 0 saturated carbocycles. The third-order valence-corrected chi connectivity index (χ3v) is 3.15. The standard InChI is InChI=1S/C16H18N2O2/c1-11-4-2-5-12(10-11)8-9-18-14-7-3-6-13(15(14)17)16(19)20/h2-7,10,18H,8-9,17H2,1H3,(H,19,20). The Morgan fingerprint density at radius 1 is 1.25 bits per heavy atom. The Labute approximate surface area is 118 Å². The van der Waals surface area contributed by atoms with E-state index in [-0.39, 0.29) is 11.3 Å². The first-order valence-electron chi connectivity index (χ1n) is 6.49. The summed E-state index contributed by atoms with van der Waals surface area (Å²) in [6.45, 7) is 2.77. The second-order valence-electron chi connectivity index (χ2n) is 4.74. The summed E-state index contributed by atoms with van der Waals surface area (Å²) < 4.78 is 0. The first kappa shape index (κ1) is 13.9. The van der Waals surface area contributed by atoms with Crippen LogP contribution in [-0.4, -0.2) is 17.6 Å². The van der Waals surface area contributed by atoms with Crippen LogP contribution in [0.15, 0.2) is 42.5 Å². The summed E-state index contributed by atoms with van der Waals surface area (Å²) in [5, 5.41) is 12.2. The molecule has 0 unspecified atom stereocenters. The van der Waals surface area contributed by atoms with Gasteiger partial charge in [0.1, 0.15) is 0 Å². The van der Waals surface area contributed by atoms with Gasteiger partial charge in [0.05, 0.1) is 16.9 Å². The quantitative estimate of drug-likeness (QED) is 0.730. The number of aromatic carboxylic acids is 1. The lowest BCUT2D eigenvalue weighted by molar-refractivity contribution is 0.0698. The Morgan fingerprint density at radius 2 is 2.00 bits per heavy atom. The van der Waals surface area contributed by atoms with Crippen molar-refractivity contribution >= 4 is 17.3 Å². The van der Waals surface area contributed by atoms with Gasteiger partial charge in [-0.05, 0) is 31.0 Å². The molecular formula is C16H18N2O2. The molecule has 2 aromatic carbocycles. The number of nitrogens with one attached hydrogen (secondary N) is 1. The van der Waals surface area contributed by atoms with E-state index in [9.17, 15) is 4.79 Å². The molecule has 0 aliphatic rings. The van der Waals surface area contributed by atoms with Crippen molar-refractivity contribution in [1.82, 2.24) is 0 Å². The summed E-state index contributed by atoms with van der Waals surface area (Å²) in [6, 6.07) is 13.3. The average Bonchev–Trinajstić information content (AvgIpc) is 2.40. The first-order valence-corrected chi connectivity index (χ1v) is 6.49. The highest BCUT2D eigenvalue weighted by molar-refractivity contribution is 5.97. The van der Waals surface area contributed by atoms with Gasteiger partial charge in [0.25, 0.3) is 0 Å². The molecule has 20 heavy (non-hydrogen) atoms. The summed E-state index contributed by atoms with van der Waals surface area (Å²) in [5.74, 6) is -1.01. The van der Waals surface area contributed by atoms with Crippen LogP contribution in [0.5, 0.6) is 0 Å². The number of rotatable bonds is 5. The lowest BCUT2D eigenvalue weighted by Crippen LogP contribution is -2.10. The van der Waals surface area contributed by atoms with E-state index >= 15 is 0 Å². The summed E-state index contributed by atoms with van der Waals surface area (Å²) in [7, 11) is 0. The number of benzene rings is 2. The van der Waals surface area contributed by atoms with Gasteiger partial charge in [-0.3, -0.25) is 0 Å². The summed E-state index contributed by atoms with van der Waals surface area (Å²) in [4.78, 5) is 11.0. The van der Waals surface area contributed by atoms with Crippen LogP contribution in [0.1, 0.15) is 21.5 Å². The number of nitrogens with two attached hydrogens (primary N) is 1. The van der Waals surface area contributed by atoms with Gasteiger partial charge in [0, 0.05) is 6.54 Å². The molecule has 4 heteroatoms. The fourth-order valence-corrected chi connectivity index (χ4v) is 2.12. The molecule has 0 fully saturated rings. The molecule has 0 amide bonds. The van der Waals surface area contributed by atoms with Crippen molar-refractivity contribution in [1.29, 1.82) is 0 Å². The van der Waals surface area contributed by atoms with Gasteiger partial charge >= 0.3 is 5.97 Å². The number of aryl methyl sites for hydroxylation is 1. The zero-order chi connectivity index (χ0) is 14.5. The number of carbonyl (C=O) groups is 1. The van der Waals surface area contributed by atoms with E-state index in [4.69, 9.17) is 10.8 Å². The van der Waals surface area contributed by atoms with Crippen molar-refractivity contribution in [3.8, 4) is 0 Å². The zero-order valence-corrected chi connectivity index (χ0v) is 11.4. The molecule has 0 radical (unpaired) electrons. The zero-order valence-electron chi connectivity index (χ0n) is 11.4. The number of nitrogen functional groups attached to an aromatic ring is 1. The molecular weight excluding hydrogens is 252 g/mol. The van der Waals surface area contributed by atoms with Crippen LogP contribution in [-0.2, 0) is 6.42 Å². The number of anilines is 2. The predicted molar refractivity (Wildman–Crippen MR) is 81.2 cm³/mol. The van der Waals surface area contributed by atoms with Gasteiger partial charge in [0.15, 0.2) is 0 Å². The maximum Gasteiger partial charge on any atom is 0.337 e. The van der Waals surface area contributed by atoms with Crippen molar-refractivity contribution in [2.45, 2.75) is 13.3 Å². The lowest BCUT2D eigenvalue weighted by atomic mass is 10.1. The van der Waals surface area contributed by atoms with E-state index in [1.165, 1.54) is 17.2 Å². The number of carboxylic acid groups (broad SMARTS) is 1. The van der Waals surface area contributed by atoms with Gasteiger partial charge in [0.2, 0.25) is 0 Å². The molecule has 0 saturated heterocycles. The van der Waals surface area contributed by atoms with Crippen molar-refractivity contribution < 1.29 is 9.90 Å². The molecule has 4 N–H and O–H groups in total. The van der Waals surface area contributed by atoms with Crippen molar-refractivity contribution in [2.24, 2.45) is 0 Å². The minimum Gasteiger partial charge on any atom is -0.478 e. The minimum atomic E-state index is -1.01. The lowest BCUT2D eigenvalue weighted by Gasteiger charge is -2.11. The van der Waals surface area contributed by atoms with Crippen molar-refractivity contribution in [3.05, 3.63) is 59.2 Å². The van der Waals surface area contributed by atoms with Crippen LogP contribution in [0.4, 0.5) is 11.4 Å². The fourth-order valence-electron chi connectivity index (χ4n) is 2.12. The third kappa shape index (κ3) is 3.29. The Bertz CT molecular complexity index is 624. The topological polar surface area (TPSA) is 75.3 Å². The molecule has 0 atom stereocenters. The number of para-hydroxylation sites is 1. The maximum atomic E-state index is 11.0. The highest BCUT2D eigenvalue weighted by atomic mass is 16.4. The maximum absolute atomic E-state index is 11.0. The van der Waals surface area contributed by atoms with E-state index in [1.807, 2.05) is 6.07 Å². The van der Waals surface area contributed by atoms with Crippen LogP contribution >= 0.6 is 0 Å². The van der Waals surface area contributed by atoms with Crippen molar-refractivity contribution in [2.75, 3.05) is 17.6 Å². The van der Waals surface area contributed by atoms with E-state index in [1.54, 1.807) is 12.1 Å². The smallest absolute Gasteiger partial charge is 0.337 e. The normalized spacial score (nSPS) is 10.2. The molecule has 0 aliphatic carbocycles. The van der Waals surface area contributed by atoms with E-state index < -0.39 is 5.97 Å². The minimum absolute atomic E-state index is 0.130. The van der Waals surface area contributed by atoms with E-state index in [0.29, 0.717) is 12.2 Å². The number of hydrogen-bond donors (Lipinski definition) is 3. The second-order valence-corrected chi connectivity index (χ2v) is 4.74. The molecule has 0 aromatic heterocycles. The van der Waals surface area contributed by atoms with Crippen LogP contribution in [0.3, 0.4) is 0 Å². The Morgan fingerprint density at radius 3 is 2.70 bits per heavy atom. The highest BCUT2D eigenvalue weighted by Crippen LogP contribution is 2.22. The fraction of sp³-hybridized carbons (Fsp3) is 0.188. The molecule has 104 valence electrons. The largest absolute Gasteiger partial charge is 0.478 e. The highest BCUT2D eigenvalue weighted by Gasteiger charge is 2.10. The van der Waals surface area contributed by atoms with Crippen LogP contribution in [0.25, 0.3) is 0 Å². The van der Waals surface area contributed by atoms with Crippen LogP contribution in [0, 0.1) is 6.92 Å². The Balaban J connectivity index is 2.01. The van der Waals surface area contributed by atoms with Crippen LogP contribution in [0.2, 0.25) is 0 Å². The SMILES string of the molecule is Cc1cccc(CCNc2cccc(C(=O)O)c2N)c1. The summed E-state index contributed by atoms with van der Waals surface area (Å²) in [5.41, 5.74) is 9.39. The third-order valence-electron chi connectivity index (χ3n) is 3.15. The molecule has 0 aliphatic heterocycles. The average molecular weight is 270 g/mol. The predicted octanol–water partition coefficient (Wildman–Crippen LogP) is 2.93.